The first kappa shape index (κ1) is 14.2. The molecule has 1 aliphatic rings. The number of hydrogen-bond acceptors (Lipinski definition) is 4. The smallest absolute Gasteiger partial charge is 0.125 e. The summed E-state index contributed by atoms with van der Waals surface area (Å²) < 4.78 is 6.02. The largest absolute Gasteiger partial charge is 0.508 e. The van der Waals surface area contributed by atoms with E-state index < -0.39 is 5.60 Å². The van der Waals surface area contributed by atoms with Gasteiger partial charge in [0.25, 0.3) is 0 Å². The summed E-state index contributed by atoms with van der Waals surface area (Å²) in [5, 5.41) is 29.0. The summed E-state index contributed by atoms with van der Waals surface area (Å²) in [5.74, 6) is 0.150. The minimum absolute atomic E-state index is 0.00157. The van der Waals surface area contributed by atoms with Crippen LogP contribution in [-0.4, -0.2) is 27.5 Å². The highest BCUT2D eigenvalue weighted by Gasteiger charge is 2.36. The molecule has 0 saturated carbocycles. The third-order valence-electron chi connectivity index (χ3n) is 3.60. The molecule has 0 spiro atoms. The van der Waals surface area contributed by atoms with Crippen molar-refractivity contribution >= 4 is 0 Å². The second kappa shape index (κ2) is 5.02. The van der Waals surface area contributed by atoms with E-state index in [9.17, 15) is 15.3 Å². The Morgan fingerprint density at radius 3 is 2.68 bits per heavy atom. The Morgan fingerprint density at radius 1 is 1.37 bits per heavy atom. The van der Waals surface area contributed by atoms with Crippen LogP contribution in [0.15, 0.2) is 12.1 Å². The lowest BCUT2D eigenvalue weighted by Gasteiger charge is -2.38. The lowest BCUT2D eigenvalue weighted by molar-refractivity contribution is -0.0944. The van der Waals surface area contributed by atoms with Crippen molar-refractivity contribution in [3.05, 3.63) is 23.3 Å². The molecule has 4 nitrogen and oxygen atoms in total. The summed E-state index contributed by atoms with van der Waals surface area (Å²) in [5.41, 5.74) is 1.08. The Morgan fingerprint density at radius 2 is 2.05 bits per heavy atom. The molecule has 0 amide bonds. The SMILES string of the molecule is C[C@@H](O)CC[C@@H]1Cc2cc(O)cc(O)c2C(C)(C)O1. The molecule has 1 aromatic carbocycles. The molecule has 1 aliphatic heterocycles. The summed E-state index contributed by atoms with van der Waals surface area (Å²) in [6, 6.07) is 3.04. The van der Waals surface area contributed by atoms with Crippen LogP contribution >= 0.6 is 0 Å². The first-order valence-corrected chi connectivity index (χ1v) is 6.71. The van der Waals surface area contributed by atoms with Gasteiger partial charge in [-0.15, -0.1) is 0 Å². The predicted molar refractivity (Wildman–Crippen MR) is 72.3 cm³/mol. The Hall–Kier alpha value is -1.26. The minimum atomic E-state index is -0.589. The molecule has 2 rings (SSSR count). The maximum absolute atomic E-state index is 10.00. The molecule has 0 unspecified atom stereocenters. The zero-order valence-electron chi connectivity index (χ0n) is 11.7. The fourth-order valence-corrected chi connectivity index (χ4v) is 2.88. The first-order valence-electron chi connectivity index (χ1n) is 6.71. The van der Waals surface area contributed by atoms with Gasteiger partial charge in [0.2, 0.25) is 0 Å². The van der Waals surface area contributed by atoms with Crippen LogP contribution in [0.1, 0.15) is 44.7 Å². The van der Waals surface area contributed by atoms with Crippen LogP contribution in [-0.2, 0) is 16.8 Å². The summed E-state index contributed by atoms with van der Waals surface area (Å²) in [6.45, 7) is 5.59. The van der Waals surface area contributed by atoms with Gasteiger partial charge in [-0.25, -0.2) is 0 Å². The number of rotatable bonds is 3. The summed E-state index contributed by atoms with van der Waals surface area (Å²) in [7, 11) is 0. The average Bonchev–Trinajstić information content (AvgIpc) is 2.23. The molecule has 0 aromatic heterocycles. The number of ether oxygens (including phenoxy) is 1. The van der Waals surface area contributed by atoms with E-state index in [2.05, 4.69) is 0 Å². The highest BCUT2D eigenvalue weighted by atomic mass is 16.5. The van der Waals surface area contributed by atoms with Crippen molar-refractivity contribution < 1.29 is 20.1 Å². The third kappa shape index (κ3) is 3.01. The summed E-state index contributed by atoms with van der Waals surface area (Å²) in [4.78, 5) is 0. The van der Waals surface area contributed by atoms with Crippen LogP contribution in [0.4, 0.5) is 0 Å². The zero-order valence-corrected chi connectivity index (χ0v) is 11.7. The van der Waals surface area contributed by atoms with Crippen molar-refractivity contribution in [3.8, 4) is 11.5 Å². The number of fused-ring (bicyclic) bond motifs is 1. The fraction of sp³-hybridized carbons (Fsp3) is 0.600. The summed E-state index contributed by atoms with van der Waals surface area (Å²) in [6.07, 6.45) is 1.75. The molecular formula is C15H22O4. The predicted octanol–water partition coefficient (Wildman–Crippen LogP) is 2.44. The zero-order chi connectivity index (χ0) is 14.2. The molecule has 0 aliphatic carbocycles. The van der Waals surface area contributed by atoms with Gasteiger partial charge in [-0.1, -0.05) is 0 Å². The molecule has 0 bridgehead atoms. The van der Waals surface area contributed by atoms with Gasteiger partial charge in [0.15, 0.2) is 0 Å². The van der Waals surface area contributed by atoms with Gasteiger partial charge in [0, 0.05) is 11.6 Å². The van der Waals surface area contributed by atoms with E-state index >= 15 is 0 Å². The van der Waals surface area contributed by atoms with Crippen molar-refractivity contribution in [2.24, 2.45) is 0 Å². The number of phenolic OH excluding ortho intramolecular Hbond substituents is 2. The highest BCUT2D eigenvalue weighted by molar-refractivity contribution is 5.49. The maximum atomic E-state index is 10.00. The Kier molecular flexibility index (Phi) is 3.74. The van der Waals surface area contributed by atoms with Crippen molar-refractivity contribution in [2.45, 2.75) is 57.8 Å². The lowest BCUT2D eigenvalue weighted by atomic mass is 9.85. The normalized spacial score (nSPS) is 22.8. The molecule has 1 heterocycles. The van der Waals surface area contributed by atoms with Crippen molar-refractivity contribution in [1.29, 1.82) is 0 Å². The lowest BCUT2D eigenvalue weighted by Crippen LogP contribution is -2.36. The van der Waals surface area contributed by atoms with E-state index in [0.29, 0.717) is 12.8 Å². The molecule has 4 heteroatoms. The van der Waals surface area contributed by atoms with Crippen LogP contribution in [0.5, 0.6) is 11.5 Å². The summed E-state index contributed by atoms with van der Waals surface area (Å²) >= 11 is 0. The molecule has 0 fully saturated rings. The number of aliphatic hydroxyl groups is 1. The minimum Gasteiger partial charge on any atom is -0.508 e. The van der Waals surface area contributed by atoms with Crippen molar-refractivity contribution in [1.82, 2.24) is 0 Å². The van der Waals surface area contributed by atoms with Crippen LogP contribution in [0.2, 0.25) is 0 Å². The van der Waals surface area contributed by atoms with E-state index in [1.807, 2.05) is 13.8 Å². The number of aliphatic hydroxyl groups excluding tert-OH is 1. The molecule has 0 radical (unpaired) electrons. The van der Waals surface area contributed by atoms with Gasteiger partial charge < -0.3 is 20.1 Å². The first-order chi connectivity index (χ1) is 8.79. The Balaban J connectivity index is 2.28. The number of phenols is 2. The second-order valence-electron chi connectivity index (χ2n) is 5.88. The van der Waals surface area contributed by atoms with E-state index in [-0.39, 0.29) is 23.7 Å². The van der Waals surface area contributed by atoms with Crippen LogP contribution in [0.3, 0.4) is 0 Å². The van der Waals surface area contributed by atoms with Gasteiger partial charge in [0.05, 0.1) is 17.8 Å². The second-order valence-corrected chi connectivity index (χ2v) is 5.88. The number of benzene rings is 1. The number of aromatic hydroxyl groups is 2. The van der Waals surface area contributed by atoms with E-state index in [1.165, 1.54) is 6.07 Å². The highest BCUT2D eigenvalue weighted by Crippen LogP contribution is 2.43. The molecule has 106 valence electrons. The van der Waals surface area contributed by atoms with Crippen LogP contribution in [0, 0.1) is 0 Å². The quantitative estimate of drug-likeness (QED) is 0.786. The fourth-order valence-electron chi connectivity index (χ4n) is 2.88. The molecular weight excluding hydrogens is 244 g/mol. The molecule has 0 saturated heterocycles. The molecule has 3 N–H and O–H groups in total. The monoisotopic (exact) mass is 266 g/mol. The van der Waals surface area contributed by atoms with Gasteiger partial charge in [0.1, 0.15) is 11.5 Å². The van der Waals surface area contributed by atoms with E-state index in [4.69, 9.17) is 4.74 Å². The van der Waals surface area contributed by atoms with Crippen LogP contribution < -0.4 is 0 Å². The van der Waals surface area contributed by atoms with Gasteiger partial charge >= 0.3 is 0 Å². The van der Waals surface area contributed by atoms with Gasteiger partial charge in [-0.2, -0.15) is 0 Å². The average molecular weight is 266 g/mol. The number of hydrogen-bond donors (Lipinski definition) is 3. The maximum Gasteiger partial charge on any atom is 0.125 e. The standard InChI is InChI=1S/C15H22O4/c1-9(16)4-5-12-7-10-6-11(17)8-13(18)14(10)15(2,3)19-12/h6,8-9,12,16-18H,4-5,7H2,1-3H3/t9-,12-/m1/s1. The van der Waals surface area contributed by atoms with Crippen molar-refractivity contribution in [2.75, 3.05) is 0 Å². The van der Waals surface area contributed by atoms with E-state index in [1.54, 1.807) is 13.0 Å². The molecule has 19 heavy (non-hydrogen) atoms. The molecule has 2 atom stereocenters. The van der Waals surface area contributed by atoms with E-state index in [0.717, 1.165) is 17.5 Å². The van der Waals surface area contributed by atoms with Gasteiger partial charge in [-0.05, 0) is 51.7 Å². The Bertz CT molecular complexity index is 465. The topological polar surface area (TPSA) is 69.9 Å². The van der Waals surface area contributed by atoms with Crippen molar-refractivity contribution in [3.63, 3.8) is 0 Å². The van der Waals surface area contributed by atoms with Gasteiger partial charge in [-0.3, -0.25) is 0 Å². The third-order valence-corrected chi connectivity index (χ3v) is 3.60. The van der Waals surface area contributed by atoms with Crippen LogP contribution in [0.25, 0.3) is 0 Å². The molecule has 1 aromatic rings. The Labute approximate surface area is 113 Å².